The topological polar surface area (TPSA) is 38.0 Å². The van der Waals surface area contributed by atoms with E-state index in [-0.39, 0.29) is 0 Å². The first kappa shape index (κ1) is 13.9. The van der Waals surface area contributed by atoms with E-state index in [1.54, 1.807) is 0 Å². The highest BCUT2D eigenvalue weighted by molar-refractivity contribution is 4.72. The normalized spacial score (nSPS) is 14.4. The van der Waals surface area contributed by atoms with Crippen molar-refractivity contribution in [1.82, 2.24) is 5.43 Å². The average molecular weight is 200 g/mol. The molecule has 0 heterocycles. The van der Waals surface area contributed by atoms with Gasteiger partial charge in [-0.15, -0.1) is 0 Å². The summed E-state index contributed by atoms with van der Waals surface area (Å²) in [5.74, 6) is 5.54. The molecule has 0 aliphatic heterocycles. The lowest BCUT2D eigenvalue weighted by Gasteiger charge is -2.25. The lowest BCUT2D eigenvalue weighted by Crippen LogP contribution is -2.37. The van der Waals surface area contributed by atoms with E-state index in [1.807, 2.05) is 0 Å². The van der Waals surface area contributed by atoms with Gasteiger partial charge in [-0.2, -0.15) is 0 Å². The Bertz CT molecular complexity index is 127. The molecule has 0 saturated carbocycles. The molecular formula is C12H28N2. The van der Waals surface area contributed by atoms with Gasteiger partial charge in [0.2, 0.25) is 0 Å². The fourth-order valence-corrected chi connectivity index (χ4v) is 1.80. The summed E-state index contributed by atoms with van der Waals surface area (Å²) in [4.78, 5) is 0. The molecule has 86 valence electrons. The van der Waals surface area contributed by atoms with Crippen LogP contribution >= 0.6 is 0 Å². The SMILES string of the molecule is CCCCCCC(CC(C)(C)C)NN. The number of rotatable bonds is 7. The zero-order chi connectivity index (χ0) is 11.0. The zero-order valence-corrected chi connectivity index (χ0v) is 10.4. The van der Waals surface area contributed by atoms with Crippen molar-refractivity contribution >= 4 is 0 Å². The Kier molecular flexibility index (Phi) is 7.20. The van der Waals surface area contributed by atoms with Crippen LogP contribution in [0.4, 0.5) is 0 Å². The molecule has 1 unspecified atom stereocenters. The van der Waals surface area contributed by atoms with Crippen LogP contribution in [0.2, 0.25) is 0 Å². The van der Waals surface area contributed by atoms with E-state index in [1.165, 1.54) is 32.1 Å². The number of unbranched alkanes of at least 4 members (excludes halogenated alkanes) is 3. The molecule has 1 atom stereocenters. The second-order valence-corrected chi connectivity index (χ2v) is 5.48. The highest BCUT2D eigenvalue weighted by Crippen LogP contribution is 2.22. The summed E-state index contributed by atoms with van der Waals surface area (Å²) in [5.41, 5.74) is 3.31. The minimum absolute atomic E-state index is 0.377. The van der Waals surface area contributed by atoms with Gasteiger partial charge in [0.15, 0.2) is 0 Å². The van der Waals surface area contributed by atoms with E-state index < -0.39 is 0 Å². The van der Waals surface area contributed by atoms with E-state index >= 15 is 0 Å². The molecule has 0 aromatic heterocycles. The average Bonchev–Trinajstić information content (AvgIpc) is 2.08. The second kappa shape index (κ2) is 7.24. The number of hydrogen-bond acceptors (Lipinski definition) is 2. The van der Waals surface area contributed by atoms with Gasteiger partial charge in [-0.1, -0.05) is 53.4 Å². The van der Waals surface area contributed by atoms with Gasteiger partial charge in [0.1, 0.15) is 0 Å². The Morgan fingerprint density at radius 1 is 1.14 bits per heavy atom. The van der Waals surface area contributed by atoms with Crippen molar-refractivity contribution in [3.05, 3.63) is 0 Å². The van der Waals surface area contributed by atoms with Crippen molar-refractivity contribution in [3.8, 4) is 0 Å². The summed E-state index contributed by atoms with van der Waals surface area (Å²) in [7, 11) is 0. The number of hydrogen-bond donors (Lipinski definition) is 2. The van der Waals surface area contributed by atoms with Gasteiger partial charge in [-0.05, 0) is 18.3 Å². The van der Waals surface area contributed by atoms with Crippen LogP contribution in [0.5, 0.6) is 0 Å². The molecule has 0 aromatic carbocycles. The third kappa shape index (κ3) is 8.52. The van der Waals surface area contributed by atoms with Crippen LogP contribution in [0.15, 0.2) is 0 Å². The summed E-state index contributed by atoms with van der Waals surface area (Å²) >= 11 is 0. The van der Waals surface area contributed by atoms with Crippen LogP contribution in [-0.4, -0.2) is 6.04 Å². The third-order valence-electron chi connectivity index (χ3n) is 2.50. The molecule has 0 amide bonds. The maximum atomic E-state index is 5.54. The van der Waals surface area contributed by atoms with Crippen molar-refractivity contribution in [3.63, 3.8) is 0 Å². The fourth-order valence-electron chi connectivity index (χ4n) is 1.80. The Balaban J connectivity index is 3.58. The Morgan fingerprint density at radius 2 is 1.79 bits per heavy atom. The van der Waals surface area contributed by atoms with Crippen molar-refractivity contribution in [2.45, 2.75) is 72.3 Å². The lowest BCUT2D eigenvalue weighted by molar-refractivity contribution is 0.295. The molecule has 2 heteroatoms. The van der Waals surface area contributed by atoms with Gasteiger partial charge in [0, 0.05) is 6.04 Å². The van der Waals surface area contributed by atoms with Gasteiger partial charge < -0.3 is 0 Å². The van der Waals surface area contributed by atoms with Gasteiger partial charge >= 0.3 is 0 Å². The first-order chi connectivity index (χ1) is 6.49. The van der Waals surface area contributed by atoms with Gasteiger partial charge in [0.25, 0.3) is 0 Å². The van der Waals surface area contributed by atoms with E-state index in [9.17, 15) is 0 Å². The van der Waals surface area contributed by atoms with Crippen molar-refractivity contribution < 1.29 is 0 Å². The summed E-state index contributed by atoms with van der Waals surface area (Å²) in [5, 5.41) is 0. The fraction of sp³-hybridized carbons (Fsp3) is 1.00. The molecule has 3 N–H and O–H groups in total. The summed E-state index contributed by atoms with van der Waals surface area (Å²) in [6, 6.07) is 0.492. The molecule has 0 aliphatic carbocycles. The van der Waals surface area contributed by atoms with Gasteiger partial charge in [0.05, 0.1) is 0 Å². The first-order valence-electron chi connectivity index (χ1n) is 5.95. The highest BCUT2D eigenvalue weighted by Gasteiger charge is 2.16. The Hall–Kier alpha value is -0.0800. The molecule has 0 bridgehead atoms. The molecule has 2 nitrogen and oxygen atoms in total. The maximum Gasteiger partial charge on any atom is 0.0215 e. The molecule has 0 aliphatic rings. The number of nitrogens with two attached hydrogens (primary N) is 1. The zero-order valence-electron chi connectivity index (χ0n) is 10.4. The van der Waals surface area contributed by atoms with Crippen LogP contribution in [0.1, 0.15) is 66.2 Å². The monoisotopic (exact) mass is 200 g/mol. The van der Waals surface area contributed by atoms with E-state index in [0.29, 0.717) is 11.5 Å². The van der Waals surface area contributed by atoms with Crippen LogP contribution in [-0.2, 0) is 0 Å². The summed E-state index contributed by atoms with van der Waals surface area (Å²) in [6.45, 7) is 9.05. The molecule has 0 fully saturated rings. The highest BCUT2D eigenvalue weighted by atomic mass is 15.2. The molecule has 0 aromatic rings. The van der Waals surface area contributed by atoms with Crippen LogP contribution in [0.25, 0.3) is 0 Å². The number of hydrazine groups is 1. The predicted octanol–water partition coefficient (Wildman–Crippen LogP) is 3.22. The maximum absolute atomic E-state index is 5.54. The van der Waals surface area contributed by atoms with Crippen molar-refractivity contribution in [1.29, 1.82) is 0 Å². The minimum Gasteiger partial charge on any atom is -0.271 e. The standard InChI is InChI=1S/C12H28N2/c1-5-6-7-8-9-11(14-13)10-12(2,3)4/h11,14H,5-10,13H2,1-4H3. The van der Waals surface area contributed by atoms with Crippen LogP contribution in [0, 0.1) is 5.41 Å². The van der Waals surface area contributed by atoms with E-state index in [4.69, 9.17) is 5.84 Å². The smallest absolute Gasteiger partial charge is 0.0215 e. The van der Waals surface area contributed by atoms with Crippen LogP contribution < -0.4 is 11.3 Å². The summed E-state index contributed by atoms with van der Waals surface area (Å²) in [6.07, 6.45) is 7.69. The second-order valence-electron chi connectivity index (χ2n) is 5.48. The quantitative estimate of drug-likeness (QED) is 0.376. The van der Waals surface area contributed by atoms with Crippen LogP contribution in [0.3, 0.4) is 0 Å². The lowest BCUT2D eigenvalue weighted by atomic mass is 9.86. The molecule has 0 spiro atoms. The van der Waals surface area contributed by atoms with E-state index in [2.05, 4.69) is 33.1 Å². The van der Waals surface area contributed by atoms with Gasteiger partial charge in [-0.3, -0.25) is 11.3 Å². The molecular weight excluding hydrogens is 172 g/mol. The minimum atomic E-state index is 0.377. The third-order valence-corrected chi connectivity index (χ3v) is 2.50. The summed E-state index contributed by atoms with van der Waals surface area (Å²) < 4.78 is 0. The van der Waals surface area contributed by atoms with E-state index in [0.717, 1.165) is 6.42 Å². The molecule has 14 heavy (non-hydrogen) atoms. The van der Waals surface area contributed by atoms with Crippen molar-refractivity contribution in [2.24, 2.45) is 11.3 Å². The molecule has 0 radical (unpaired) electrons. The predicted molar refractivity (Wildman–Crippen MR) is 63.9 cm³/mol. The largest absolute Gasteiger partial charge is 0.271 e. The first-order valence-corrected chi connectivity index (χ1v) is 5.95. The van der Waals surface area contributed by atoms with Gasteiger partial charge in [-0.25, -0.2) is 0 Å². The molecule has 0 rings (SSSR count). The van der Waals surface area contributed by atoms with Crippen molar-refractivity contribution in [2.75, 3.05) is 0 Å². The number of nitrogens with one attached hydrogen (secondary N) is 1. The molecule has 0 saturated heterocycles. The Labute approximate surface area is 89.6 Å². The Morgan fingerprint density at radius 3 is 2.21 bits per heavy atom.